The highest BCUT2D eigenvalue weighted by Gasteiger charge is 2.25. The number of hydrogen-bond acceptors (Lipinski definition) is 3. The lowest BCUT2D eigenvalue weighted by molar-refractivity contribution is 0.0473. The molecule has 2 heterocycles. The Bertz CT molecular complexity index is 636. The van der Waals surface area contributed by atoms with Gasteiger partial charge in [-0.25, -0.2) is 4.68 Å². The summed E-state index contributed by atoms with van der Waals surface area (Å²) in [5.74, 6) is -0.0477. The number of β-amino-alcohol motifs (C(OH)–C–C–N with tert-alkyl or cyclic N) is 1. The summed E-state index contributed by atoms with van der Waals surface area (Å²) in [6.45, 7) is 3.01. The molecule has 21 heavy (non-hydrogen) atoms. The van der Waals surface area contributed by atoms with Crippen LogP contribution in [0.1, 0.15) is 28.9 Å². The SMILES string of the molecule is Cc1c(C(=O)N2CCCC(O)C2)cnn1-c1ccccc1. The van der Waals surface area contributed by atoms with Crippen molar-refractivity contribution in [2.24, 2.45) is 0 Å². The normalized spacial score (nSPS) is 18.8. The molecule has 1 amide bonds. The van der Waals surface area contributed by atoms with Gasteiger partial charge in [0.05, 0.1) is 29.2 Å². The second-order valence-electron chi connectivity index (χ2n) is 5.44. The van der Waals surface area contributed by atoms with E-state index >= 15 is 0 Å². The molecule has 1 atom stereocenters. The molecule has 1 aliphatic heterocycles. The van der Waals surface area contributed by atoms with E-state index in [1.807, 2.05) is 37.3 Å². The zero-order chi connectivity index (χ0) is 14.8. The third kappa shape index (κ3) is 2.69. The number of nitrogens with zero attached hydrogens (tertiary/aromatic N) is 3. The maximum absolute atomic E-state index is 12.6. The molecule has 5 nitrogen and oxygen atoms in total. The van der Waals surface area contributed by atoms with E-state index in [0.29, 0.717) is 18.7 Å². The number of likely N-dealkylation sites (tertiary alicyclic amines) is 1. The number of hydrogen-bond donors (Lipinski definition) is 1. The predicted molar refractivity (Wildman–Crippen MR) is 79.4 cm³/mol. The first kappa shape index (κ1) is 13.8. The number of rotatable bonds is 2. The number of aliphatic hydroxyl groups excluding tert-OH is 1. The summed E-state index contributed by atoms with van der Waals surface area (Å²) >= 11 is 0. The van der Waals surface area contributed by atoms with Crippen LogP contribution in [0.25, 0.3) is 5.69 Å². The molecule has 110 valence electrons. The van der Waals surface area contributed by atoms with Crippen molar-refractivity contribution in [3.8, 4) is 5.69 Å². The molecule has 0 saturated carbocycles. The predicted octanol–water partition coefficient (Wildman–Crippen LogP) is 1.78. The molecule has 0 aliphatic carbocycles. The van der Waals surface area contributed by atoms with Gasteiger partial charge in [0, 0.05) is 13.1 Å². The van der Waals surface area contributed by atoms with Gasteiger partial charge in [-0.3, -0.25) is 4.79 Å². The van der Waals surface area contributed by atoms with E-state index in [4.69, 9.17) is 0 Å². The van der Waals surface area contributed by atoms with E-state index in [1.54, 1.807) is 15.8 Å². The van der Waals surface area contributed by atoms with Crippen LogP contribution in [0, 0.1) is 6.92 Å². The minimum absolute atomic E-state index is 0.0477. The smallest absolute Gasteiger partial charge is 0.257 e. The molecule has 0 radical (unpaired) electrons. The number of benzene rings is 1. The van der Waals surface area contributed by atoms with E-state index in [1.165, 1.54) is 0 Å². The summed E-state index contributed by atoms with van der Waals surface area (Å²) in [7, 11) is 0. The van der Waals surface area contributed by atoms with Crippen LogP contribution in [-0.2, 0) is 0 Å². The average Bonchev–Trinajstić information content (AvgIpc) is 2.89. The van der Waals surface area contributed by atoms with Crippen LogP contribution in [0.15, 0.2) is 36.5 Å². The Hall–Kier alpha value is -2.14. The van der Waals surface area contributed by atoms with E-state index in [0.717, 1.165) is 24.2 Å². The second kappa shape index (κ2) is 5.69. The third-order valence-electron chi connectivity index (χ3n) is 3.92. The zero-order valence-corrected chi connectivity index (χ0v) is 12.1. The largest absolute Gasteiger partial charge is 0.391 e. The van der Waals surface area contributed by atoms with Crippen molar-refractivity contribution >= 4 is 5.91 Å². The first-order chi connectivity index (χ1) is 10.2. The van der Waals surface area contributed by atoms with Crippen LogP contribution < -0.4 is 0 Å². The number of para-hydroxylation sites is 1. The highest BCUT2D eigenvalue weighted by atomic mass is 16.3. The lowest BCUT2D eigenvalue weighted by Gasteiger charge is -2.30. The summed E-state index contributed by atoms with van der Waals surface area (Å²) in [6.07, 6.45) is 2.82. The molecule has 1 unspecified atom stereocenters. The maximum atomic E-state index is 12.6. The first-order valence-electron chi connectivity index (χ1n) is 7.24. The minimum Gasteiger partial charge on any atom is -0.391 e. The van der Waals surface area contributed by atoms with Crippen LogP contribution in [0.3, 0.4) is 0 Å². The Balaban J connectivity index is 1.87. The van der Waals surface area contributed by atoms with Crippen LogP contribution in [0.2, 0.25) is 0 Å². The van der Waals surface area contributed by atoms with Crippen molar-refractivity contribution in [2.45, 2.75) is 25.9 Å². The van der Waals surface area contributed by atoms with Crippen molar-refractivity contribution in [1.82, 2.24) is 14.7 Å². The molecule has 3 rings (SSSR count). The number of aliphatic hydroxyl groups is 1. The van der Waals surface area contributed by atoms with Crippen LogP contribution in [0.5, 0.6) is 0 Å². The van der Waals surface area contributed by atoms with Crippen molar-refractivity contribution in [3.63, 3.8) is 0 Å². The molecular formula is C16H19N3O2. The molecule has 1 aromatic heterocycles. The molecule has 0 bridgehead atoms. The Morgan fingerprint density at radius 3 is 2.81 bits per heavy atom. The standard InChI is InChI=1S/C16H19N3O2/c1-12-15(16(21)18-9-5-8-14(20)11-18)10-17-19(12)13-6-3-2-4-7-13/h2-4,6-7,10,14,20H,5,8-9,11H2,1H3. The van der Waals surface area contributed by atoms with E-state index in [9.17, 15) is 9.90 Å². The van der Waals surface area contributed by atoms with Gasteiger partial charge in [0.15, 0.2) is 0 Å². The number of piperidine rings is 1. The molecule has 1 aromatic carbocycles. The molecule has 1 fully saturated rings. The Kier molecular flexibility index (Phi) is 3.75. The highest BCUT2D eigenvalue weighted by molar-refractivity contribution is 5.95. The van der Waals surface area contributed by atoms with Crippen molar-refractivity contribution in [3.05, 3.63) is 47.8 Å². The van der Waals surface area contributed by atoms with Gasteiger partial charge >= 0.3 is 0 Å². The zero-order valence-electron chi connectivity index (χ0n) is 12.1. The summed E-state index contributed by atoms with van der Waals surface area (Å²) in [5, 5.41) is 14.0. The molecule has 1 aliphatic rings. The van der Waals surface area contributed by atoms with Crippen molar-refractivity contribution < 1.29 is 9.90 Å². The van der Waals surface area contributed by atoms with Gasteiger partial charge in [0.25, 0.3) is 5.91 Å². The Morgan fingerprint density at radius 1 is 1.33 bits per heavy atom. The number of carbonyl (C=O) groups is 1. The molecule has 0 spiro atoms. The van der Waals surface area contributed by atoms with Gasteiger partial charge < -0.3 is 10.0 Å². The summed E-state index contributed by atoms with van der Waals surface area (Å²) in [6, 6.07) is 9.75. The van der Waals surface area contributed by atoms with Crippen LogP contribution in [-0.4, -0.2) is 44.9 Å². The summed E-state index contributed by atoms with van der Waals surface area (Å²) < 4.78 is 1.77. The monoisotopic (exact) mass is 285 g/mol. The lowest BCUT2D eigenvalue weighted by atomic mass is 10.1. The molecule has 1 saturated heterocycles. The van der Waals surface area contributed by atoms with Crippen molar-refractivity contribution in [1.29, 1.82) is 0 Å². The third-order valence-corrected chi connectivity index (χ3v) is 3.92. The van der Waals surface area contributed by atoms with E-state index < -0.39 is 6.10 Å². The fourth-order valence-corrected chi connectivity index (χ4v) is 2.76. The molecule has 1 N–H and O–H groups in total. The molecular weight excluding hydrogens is 266 g/mol. The van der Waals surface area contributed by atoms with Gasteiger partial charge in [0.1, 0.15) is 0 Å². The maximum Gasteiger partial charge on any atom is 0.257 e. The molecule has 5 heteroatoms. The van der Waals surface area contributed by atoms with E-state index in [2.05, 4.69) is 5.10 Å². The van der Waals surface area contributed by atoms with Gasteiger partial charge in [-0.15, -0.1) is 0 Å². The Morgan fingerprint density at radius 2 is 2.10 bits per heavy atom. The summed E-state index contributed by atoms with van der Waals surface area (Å²) in [4.78, 5) is 14.3. The van der Waals surface area contributed by atoms with Crippen LogP contribution >= 0.6 is 0 Å². The molecule has 2 aromatic rings. The summed E-state index contributed by atoms with van der Waals surface area (Å²) in [5.41, 5.74) is 2.37. The van der Waals surface area contributed by atoms with Gasteiger partial charge in [0.2, 0.25) is 0 Å². The highest BCUT2D eigenvalue weighted by Crippen LogP contribution is 2.18. The van der Waals surface area contributed by atoms with E-state index in [-0.39, 0.29) is 5.91 Å². The topological polar surface area (TPSA) is 58.4 Å². The number of carbonyl (C=O) groups excluding carboxylic acids is 1. The minimum atomic E-state index is -0.410. The number of aromatic nitrogens is 2. The van der Waals surface area contributed by atoms with Crippen molar-refractivity contribution in [2.75, 3.05) is 13.1 Å². The second-order valence-corrected chi connectivity index (χ2v) is 5.44. The van der Waals surface area contributed by atoms with Crippen LogP contribution in [0.4, 0.5) is 0 Å². The fraction of sp³-hybridized carbons (Fsp3) is 0.375. The fourth-order valence-electron chi connectivity index (χ4n) is 2.76. The lowest BCUT2D eigenvalue weighted by Crippen LogP contribution is -2.42. The quantitative estimate of drug-likeness (QED) is 0.915. The first-order valence-corrected chi connectivity index (χ1v) is 7.24. The van der Waals surface area contributed by atoms with Gasteiger partial charge in [-0.1, -0.05) is 18.2 Å². The number of amides is 1. The Labute approximate surface area is 123 Å². The van der Waals surface area contributed by atoms with Gasteiger partial charge in [-0.2, -0.15) is 5.10 Å². The van der Waals surface area contributed by atoms with Gasteiger partial charge in [-0.05, 0) is 31.9 Å². The average molecular weight is 285 g/mol.